The minimum atomic E-state index is 0.579. The highest BCUT2D eigenvalue weighted by molar-refractivity contribution is 6.17. The lowest BCUT2D eigenvalue weighted by molar-refractivity contribution is 0.111. The van der Waals surface area contributed by atoms with E-state index >= 15 is 0 Å². The van der Waals surface area contributed by atoms with Crippen molar-refractivity contribution >= 4 is 34.4 Å². The van der Waals surface area contributed by atoms with Gasteiger partial charge in [-0.3, -0.25) is 9.59 Å². The van der Waals surface area contributed by atoms with Crippen molar-refractivity contribution in [1.82, 2.24) is 4.98 Å². The van der Waals surface area contributed by atoms with Gasteiger partial charge in [-0.05, 0) is 46.5 Å². The van der Waals surface area contributed by atoms with Gasteiger partial charge in [0.05, 0.1) is 11.0 Å². The van der Waals surface area contributed by atoms with E-state index in [1.54, 1.807) is 0 Å². The largest absolute Gasteiger partial charge is 0.353 e. The Morgan fingerprint density at radius 3 is 1.31 bits per heavy atom. The Morgan fingerprint density at radius 1 is 0.517 bits per heavy atom. The highest BCUT2D eigenvalue weighted by Gasteiger charge is 2.15. The molecule has 0 aliphatic heterocycles. The van der Waals surface area contributed by atoms with Gasteiger partial charge in [0, 0.05) is 21.9 Å². The minimum Gasteiger partial charge on any atom is -0.353 e. The van der Waals surface area contributed by atoms with Gasteiger partial charge in [0.25, 0.3) is 0 Å². The van der Waals surface area contributed by atoms with Crippen molar-refractivity contribution in [1.29, 1.82) is 0 Å². The molecule has 0 bridgehead atoms. The molecule has 0 saturated heterocycles. The molecule has 3 nitrogen and oxygen atoms in total. The number of hydrogen-bond acceptors (Lipinski definition) is 2. The molecule has 3 heteroatoms. The third-order valence-electron chi connectivity index (χ3n) is 5.35. The number of carbonyl (C=O) groups is 2. The molecule has 5 rings (SSSR count). The van der Waals surface area contributed by atoms with Crippen LogP contribution in [0.25, 0.3) is 44.1 Å². The summed E-state index contributed by atoms with van der Waals surface area (Å²) in [5.41, 5.74) is 6.69. The first-order chi connectivity index (χ1) is 14.3. The van der Waals surface area contributed by atoms with E-state index in [1.807, 2.05) is 72.8 Å². The number of aromatic amines is 1. The molecule has 0 aliphatic carbocycles. The van der Waals surface area contributed by atoms with Crippen LogP contribution in [0.4, 0.5) is 0 Å². The van der Waals surface area contributed by atoms with Gasteiger partial charge in [-0.15, -0.1) is 0 Å². The second kappa shape index (κ2) is 6.88. The van der Waals surface area contributed by atoms with Crippen molar-refractivity contribution in [2.75, 3.05) is 0 Å². The normalized spacial score (nSPS) is 11.0. The van der Waals surface area contributed by atoms with E-state index in [9.17, 15) is 9.59 Å². The molecule has 4 aromatic carbocycles. The Balaban J connectivity index is 1.87. The van der Waals surface area contributed by atoms with Crippen LogP contribution in [-0.4, -0.2) is 17.6 Å². The maximum absolute atomic E-state index is 11.8. The fraction of sp³-hybridized carbons (Fsp3) is 0. The first-order valence-corrected chi connectivity index (χ1v) is 9.43. The van der Waals surface area contributed by atoms with Crippen LogP contribution in [0.1, 0.15) is 20.7 Å². The van der Waals surface area contributed by atoms with Gasteiger partial charge < -0.3 is 4.98 Å². The summed E-state index contributed by atoms with van der Waals surface area (Å²) < 4.78 is 0. The third-order valence-corrected chi connectivity index (χ3v) is 5.35. The fourth-order valence-corrected chi connectivity index (χ4v) is 3.94. The zero-order chi connectivity index (χ0) is 19.8. The lowest BCUT2D eigenvalue weighted by atomic mass is 9.97. The van der Waals surface area contributed by atoms with Crippen molar-refractivity contribution in [3.05, 3.63) is 96.1 Å². The molecule has 0 unspecified atom stereocenters. The first-order valence-electron chi connectivity index (χ1n) is 9.43. The maximum atomic E-state index is 11.8. The first kappa shape index (κ1) is 17.1. The summed E-state index contributed by atoms with van der Waals surface area (Å²) in [7, 11) is 0. The zero-order valence-electron chi connectivity index (χ0n) is 15.6. The summed E-state index contributed by atoms with van der Waals surface area (Å²) in [5, 5.41) is 1.87. The molecule has 29 heavy (non-hydrogen) atoms. The summed E-state index contributed by atoms with van der Waals surface area (Å²) >= 11 is 0. The average molecular weight is 375 g/mol. The summed E-state index contributed by atoms with van der Waals surface area (Å²) in [5.74, 6) is 0. The summed E-state index contributed by atoms with van der Waals surface area (Å²) in [6.45, 7) is 0. The predicted molar refractivity (Wildman–Crippen MR) is 117 cm³/mol. The topological polar surface area (TPSA) is 49.9 Å². The van der Waals surface area contributed by atoms with Gasteiger partial charge in [-0.25, -0.2) is 0 Å². The Bertz CT molecular complexity index is 1260. The highest BCUT2D eigenvalue weighted by atomic mass is 16.1. The van der Waals surface area contributed by atoms with E-state index in [0.717, 1.165) is 56.6 Å². The predicted octanol–water partition coefficient (Wildman–Crippen LogP) is 6.28. The molecule has 0 saturated carbocycles. The minimum absolute atomic E-state index is 0.579. The Kier molecular flexibility index (Phi) is 4.07. The summed E-state index contributed by atoms with van der Waals surface area (Å²) in [4.78, 5) is 27.0. The number of H-pyrrole nitrogens is 1. The van der Waals surface area contributed by atoms with Crippen LogP contribution >= 0.6 is 0 Å². The number of rotatable bonds is 4. The van der Waals surface area contributed by atoms with Crippen LogP contribution < -0.4 is 0 Å². The maximum Gasteiger partial charge on any atom is 0.152 e. The number of benzene rings is 4. The summed E-state index contributed by atoms with van der Waals surface area (Å²) in [6, 6.07) is 27.9. The summed E-state index contributed by atoms with van der Waals surface area (Å²) in [6.07, 6.45) is 1.73. The van der Waals surface area contributed by atoms with Crippen molar-refractivity contribution in [2.24, 2.45) is 0 Å². The SMILES string of the molecule is O=Cc1cc(-c2ccccc2)cc2c1[nH]c1c(C=O)cc(-c3ccccc3)cc12. The van der Waals surface area contributed by atoms with Crippen LogP contribution in [0, 0.1) is 0 Å². The lowest BCUT2D eigenvalue weighted by Crippen LogP contribution is -1.86. The van der Waals surface area contributed by atoms with Crippen LogP contribution in [0.3, 0.4) is 0 Å². The molecule has 0 fully saturated rings. The molecule has 0 spiro atoms. The standard InChI is InChI=1S/C26H17NO2/c28-15-21-11-19(17-7-3-1-4-8-17)13-23-24-14-20(18-9-5-2-6-10-18)12-22(16-29)26(24)27-25(21)23/h1-16,27H. The van der Waals surface area contributed by atoms with Crippen LogP contribution in [0.15, 0.2) is 84.9 Å². The van der Waals surface area contributed by atoms with Gasteiger partial charge in [-0.2, -0.15) is 0 Å². The second-order valence-electron chi connectivity index (χ2n) is 7.07. The number of nitrogens with one attached hydrogen (secondary N) is 1. The van der Waals surface area contributed by atoms with Crippen molar-refractivity contribution in [3.8, 4) is 22.3 Å². The number of carbonyl (C=O) groups excluding carboxylic acids is 2. The molecular formula is C26H17NO2. The van der Waals surface area contributed by atoms with Gasteiger partial charge in [0.15, 0.2) is 12.6 Å². The molecule has 1 aromatic heterocycles. The van der Waals surface area contributed by atoms with Gasteiger partial charge >= 0.3 is 0 Å². The molecule has 138 valence electrons. The second-order valence-corrected chi connectivity index (χ2v) is 7.07. The van der Waals surface area contributed by atoms with E-state index in [0.29, 0.717) is 11.1 Å². The molecule has 1 heterocycles. The fourth-order valence-electron chi connectivity index (χ4n) is 3.94. The number of aromatic nitrogens is 1. The Labute approximate surface area is 167 Å². The molecule has 5 aromatic rings. The van der Waals surface area contributed by atoms with E-state index in [2.05, 4.69) is 17.1 Å². The average Bonchev–Trinajstić information content (AvgIpc) is 3.17. The van der Waals surface area contributed by atoms with E-state index in [1.165, 1.54) is 0 Å². The van der Waals surface area contributed by atoms with Gasteiger partial charge in [0.2, 0.25) is 0 Å². The lowest BCUT2D eigenvalue weighted by Gasteiger charge is -2.06. The molecule has 1 N–H and O–H groups in total. The number of hydrogen-bond donors (Lipinski definition) is 1. The third kappa shape index (κ3) is 2.84. The van der Waals surface area contributed by atoms with E-state index in [-0.39, 0.29) is 0 Å². The molecular weight excluding hydrogens is 358 g/mol. The van der Waals surface area contributed by atoms with Crippen molar-refractivity contribution in [2.45, 2.75) is 0 Å². The van der Waals surface area contributed by atoms with Crippen LogP contribution in [-0.2, 0) is 0 Å². The van der Waals surface area contributed by atoms with Crippen LogP contribution in [0.2, 0.25) is 0 Å². The van der Waals surface area contributed by atoms with Gasteiger partial charge in [0.1, 0.15) is 0 Å². The molecule has 0 radical (unpaired) electrons. The quantitative estimate of drug-likeness (QED) is 0.376. The van der Waals surface area contributed by atoms with E-state index < -0.39 is 0 Å². The Hall–Kier alpha value is -3.98. The zero-order valence-corrected chi connectivity index (χ0v) is 15.6. The van der Waals surface area contributed by atoms with Crippen LogP contribution in [0.5, 0.6) is 0 Å². The van der Waals surface area contributed by atoms with E-state index in [4.69, 9.17) is 0 Å². The molecule has 0 atom stereocenters. The molecule has 0 aliphatic rings. The highest BCUT2D eigenvalue weighted by Crippen LogP contribution is 2.36. The van der Waals surface area contributed by atoms with Gasteiger partial charge in [-0.1, -0.05) is 60.7 Å². The number of aldehydes is 2. The molecule has 0 amide bonds. The van der Waals surface area contributed by atoms with Crippen molar-refractivity contribution < 1.29 is 9.59 Å². The Morgan fingerprint density at radius 2 is 0.931 bits per heavy atom. The number of fused-ring (bicyclic) bond motifs is 3. The van der Waals surface area contributed by atoms with Crippen molar-refractivity contribution in [3.63, 3.8) is 0 Å². The smallest absolute Gasteiger partial charge is 0.152 e. The monoisotopic (exact) mass is 375 g/mol.